The third-order valence-corrected chi connectivity index (χ3v) is 3.39. The van der Waals surface area contributed by atoms with Crippen molar-refractivity contribution in [1.29, 1.82) is 0 Å². The number of hydrogen-bond acceptors (Lipinski definition) is 3. The largest absolute Gasteiger partial charge is 0.385 e. The van der Waals surface area contributed by atoms with E-state index in [2.05, 4.69) is 17.1 Å². The van der Waals surface area contributed by atoms with E-state index in [4.69, 9.17) is 21.7 Å². The van der Waals surface area contributed by atoms with Crippen molar-refractivity contribution in [1.82, 2.24) is 10.2 Å². The first-order chi connectivity index (χ1) is 7.66. The molecule has 0 amide bonds. The molecule has 5 heteroatoms. The Labute approximate surface area is 103 Å². The van der Waals surface area contributed by atoms with Crippen LogP contribution in [0.25, 0.3) is 0 Å². The maximum absolute atomic E-state index is 5.53. The first kappa shape index (κ1) is 13.7. The van der Waals surface area contributed by atoms with Gasteiger partial charge in [-0.25, -0.2) is 0 Å². The van der Waals surface area contributed by atoms with E-state index in [9.17, 15) is 0 Å². The van der Waals surface area contributed by atoms with E-state index in [-0.39, 0.29) is 6.10 Å². The monoisotopic (exact) mass is 246 g/mol. The molecule has 1 aliphatic heterocycles. The highest BCUT2D eigenvalue weighted by molar-refractivity contribution is 7.80. The summed E-state index contributed by atoms with van der Waals surface area (Å²) in [7, 11) is 3.74. The van der Waals surface area contributed by atoms with Crippen LogP contribution >= 0.6 is 12.2 Å². The first-order valence-corrected chi connectivity index (χ1v) is 6.19. The van der Waals surface area contributed by atoms with Gasteiger partial charge in [-0.15, -0.1) is 0 Å². The number of nitrogens with zero attached hydrogens (tertiary/aromatic N) is 1. The van der Waals surface area contributed by atoms with E-state index >= 15 is 0 Å². The van der Waals surface area contributed by atoms with Crippen LogP contribution in [0.2, 0.25) is 0 Å². The number of ether oxygens (including phenoxy) is 2. The van der Waals surface area contributed by atoms with Gasteiger partial charge >= 0.3 is 0 Å². The van der Waals surface area contributed by atoms with E-state index in [0.29, 0.717) is 6.04 Å². The molecule has 0 spiro atoms. The number of likely N-dealkylation sites (N-methyl/N-ethyl adjacent to an activating group) is 1. The number of nitrogens with one attached hydrogen (secondary N) is 1. The van der Waals surface area contributed by atoms with Crippen LogP contribution in [0.3, 0.4) is 0 Å². The van der Waals surface area contributed by atoms with Gasteiger partial charge in [0.15, 0.2) is 5.11 Å². The number of rotatable bonds is 5. The minimum atomic E-state index is 0.267. The van der Waals surface area contributed by atoms with Crippen LogP contribution in [-0.2, 0) is 9.47 Å². The predicted molar refractivity (Wildman–Crippen MR) is 68.7 cm³/mol. The molecule has 94 valence electrons. The summed E-state index contributed by atoms with van der Waals surface area (Å²) in [5, 5.41) is 4.04. The van der Waals surface area contributed by atoms with Gasteiger partial charge in [0.05, 0.1) is 12.1 Å². The molecule has 4 nitrogen and oxygen atoms in total. The molecule has 1 aliphatic rings. The molecule has 16 heavy (non-hydrogen) atoms. The SMILES string of the molecule is COCCCNC(=S)N(C)C1CCOC1C. The molecule has 1 rings (SSSR count). The van der Waals surface area contributed by atoms with E-state index < -0.39 is 0 Å². The van der Waals surface area contributed by atoms with Gasteiger partial charge in [-0.05, 0) is 32.0 Å². The van der Waals surface area contributed by atoms with Crippen LogP contribution in [0, 0.1) is 0 Å². The minimum Gasteiger partial charge on any atom is -0.385 e. The zero-order valence-corrected chi connectivity index (χ0v) is 11.2. The molecule has 0 bridgehead atoms. The fourth-order valence-electron chi connectivity index (χ4n) is 1.92. The van der Waals surface area contributed by atoms with Crippen molar-refractivity contribution in [3.8, 4) is 0 Å². The highest BCUT2D eigenvalue weighted by Gasteiger charge is 2.28. The van der Waals surface area contributed by atoms with Gasteiger partial charge in [-0.2, -0.15) is 0 Å². The highest BCUT2D eigenvalue weighted by atomic mass is 32.1. The normalized spacial score (nSPS) is 24.4. The van der Waals surface area contributed by atoms with Crippen LogP contribution < -0.4 is 5.32 Å². The molecule has 1 fully saturated rings. The molecule has 1 saturated heterocycles. The quantitative estimate of drug-likeness (QED) is 0.578. The van der Waals surface area contributed by atoms with Gasteiger partial charge in [-0.3, -0.25) is 0 Å². The molecule has 2 unspecified atom stereocenters. The third kappa shape index (κ3) is 3.88. The summed E-state index contributed by atoms with van der Waals surface area (Å²) in [5.41, 5.74) is 0. The maximum Gasteiger partial charge on any atom is 0.169 e. The lowest BCUT2D eigenvalue weighted by atomic mass is 10.1. The van der Waals surface area contributed by atoms with E-state index in [1.807, 2.05) is 7.05 Å². The average molecular weight is 246 g/mol. The summed E-state index contributed by atoms with van der Waals surface area (Å²) < 4.78 is 10.5. The Morgan fingerprint density at radius 2 is 2.38 bits per heavy atom. The van der Waals surface area contributed by atoms with Gasteiger partial charge in [0, 0.05) is 33.9 Å². The van der Waals surface area contributed by atoms with Crippen molar-refractivity contribution < 1.29 is 9.47 Å². The summed E-state index contributed by atoms with van der Waals surface area (Å²) >= 11 is 5.33. The second-order valence-corrected chi connectivity index (χ2v) is 4.51. The van der Waals surface area contributed by atoms with Crippen LogP contribution in [0.15, 0.2) is 0 Å². The van der Waals surface area contributed by atoms with Crippen molar-refractivity contribution in [2.75, 3.05) is 33.9 Å². The van der Waals surface area contributed by atoms with Crippen molar-refractivity contribution in [3.63, 3.8) is 0 Å². The number of thiocarbonyl (C=S) groups is 1. The van der Waals surface area contributed by atoms with Crippen molar-refractivity contribution >= 4 is 17.3 Å². The topological polar surface area (TPSA) is 33.7 Å². The lowest BCUT2D eigenvalue weighted by molar-refractivity contribution is 0.0996. The average Bonchev–Trinajstić information content (AvgIpc) is 2.69. The molecular weight excluding hydrogens is 224 g/mol. The molecule has 0 radical (unpaired) electrons. The predicted octanol–water partition coefficient (Wildman–Crippen LogP) is 1.01. The van der Waals surface area contributed by atoms with Crippen LogP contribution in [0.4, 0.5) is 0 Å². The lowest BCUT2D eigenvalue weighted by Gasteiger charge is -2.29. The summed E-state index contributed by atoms with van der Waals surface area (Å²) in [5.74, 6) is 0. The zero-order chi connectivity index (χ0) is 12.0. The lowest BCUT2D eigenvalue weighted by Crippen LogP contribution is -2.46. The Morgan fingerprint density at radius 3 is 2.94 bits per heavy atom. The molecule has 0 aliphatic carbocycles. The summed E-state index contributed by atoms with van der Waals surface area (Å²) in [6.45, 7) is 4.56. The van der Waals surface area contributed by atoms with Crippen molar-refractivity contribution in [2.24, 2.45) is 0 Å². The molecule has 0 saturated carbocycles. The Balaban J connectivity index is 2.24. The van der Waals surface area contributed by atoms with Gasteiger partial charge in [-0.1, -0.05) is 0 Å². The molecule has 2 atom stereocenters. The molecule has 0 aromatic carbocycles. The maximum atomic E-state index is 5.53. The standard InChI is InChI=1S/C11H22N2O2S/c1-9-10(5-8-15-9)13(2)11(16)12-6-4-7-14-3/h9-10H,4-8H2,1-3H3,(H,12,16). The third-order valence-electron chi connectivity index (χ3n) is 2.96. The van der Waals surface area contributed by atoms with E-state index in [1.165, 1.54) is 0 Å². The Hall–Kier alpha value is -0.390. The van der Waals surface area contributed by atoms with E-state index in [1.54, 1.807) is 7.11 Å². The zero-order valence-electron chi connectivity index (χ0n) is 10.4. The molecule has 1 heterocycles. The Kier molecular flexibility index (Phi) is 6.01. The second-order valence-electron chi connectivity index (χ2n) is 4.12. The van der Waals surface area contributed by atoms with Crippen LogP contribution in [-0.4, -0.2) is 56.1 Å². The first-order valence-electron chi connectivity index (χ1n) is 5.78. The Bertz CT molecular complexity index is 226. The van der Waals surface area contributed by atoms with Gasteiger partial charge in [0.1, 0.15) is 0 Å². The number of hydrogen-bond donors (Lipinski definition) is 1. The summed E-state index contributed by atoms with van der Waals surface area (Å²) in [6, 6.07) is 0.405. The summed E-state index contributed by atoms with van der Waals surface area (Å²) in [6.07, 6.45) is 2.29. The van der Waals surface area contributed by atoms with Gasteiger partial charge in [0.25, 0.3) is 0 Å². The van der Waals surface area contributed by atoms with Crippen LogP contribution in [0.5, 0.6) is 0 Å². The highest BCUT2D eigenvalue weighted by Crippen LogP contribution is 2.18. The molecular formula is C11H22N2O2S. The minimum absolute atomic E-state index is 0.267. The molecule has 0 aromatic heterocycles. The fraction of sp³-hybridized carbons (Fsp3) is 0.909. The fourth-order valence-corrected chi connectivity index (χ4v) is 2.15. The van der Waals surface area contributed by atoms with Crippen LogP contribution in [0.1, 0.15) is 19.8 Å². The molecule has 0 aromatic rings. The summed E-state index contributed by atoms with van der Waals surface area (Å²) in [4.78, 5) is 2.11. The van der Waals surface area contributed by atoms with Crippen molar-refractivity contribution in [2.45, 2.75) is 31.9 Å². The van der Waals surface area contributed by atoms with Gasteiger partial charge in [0.2, 0.25) is 0 Å². The second kappa shape index (κ2) is 7.04. The van der Waals surface area contributed by atoms with E-state index in [0.717, 1.165) is 37.7 Å². The smallest absolute Gasteiger partial charge is 0.169 e. The Morgan fingerprint density at radius 1 is 1.62 bits per heavy atom. The van der Waals surface area contributed by atoms with Gasteiger partial charge < -0.3 is 19.7 Å². The number of methoxy groups -OCH3 is 1. The van der Waals surface area contributed by atoms with Crippen molar-refractivity contribution in [3.05, 3.63) is 0 Å². The molecule has 1 N–H and O–H groups in total.